The molecule has 34 heavy (non-hydrogen) atoms. The number of alkyl halides is 3. The first-order valence-corrected chi connectivity index (χ1v) is 11.1. The minimum Gasteiger partial charge on any atom is -0.461 e. The molecule has 9 heteroatoms. The van der Waals surface area contributed by atoms with Crippen LogP contribution in [0.25, 0.3) is 0 Å². The second-order valence-corrected chi connectivity index (χ2v) is 8.48. The maximum Gasteiger partial charge on any atom is 0.573 e. The first-order chi connectivity index (χ1) is 15.7. The molecule has 1 fully saturated rings. The maximum atomic E-state index is 12.5. The maximum absolute atomic E-state index is 12.5. The van der Waals surface area contributed by atoms with Gasteiger partial charge in [-0.25, -0.2) is 0 Å². The van der Waals surface area contributed by atoms with Crippen molar-refractivity contribution in [1.29, 1.82) is 0 Å². The third-order valence-electron chi connectivity index (χ3n) is 5.95. The van der Waals surface area contributed by atoms with Gasteiger partial charge < -0.3 is 19.9 Å². The highest BCUT2D eigenvalue weighted by molar-refractivity contribution is 5.85. The average molecular weight is 502 g/mol. The van der Waals surface area contributed by atoms with Crippen LogP contribution in [0.5, 0.6) is 5.75 Å². The van der Waals surface area contributed by atoms with Crippen LogP contribution in [0.4, 0.5) is 13.2 Å². The highest BCUT2D eigenvalue weighted by atomic mass is 35.5. The van der Waals surface area contributed by atoms with Gasteiger partial charge in [-0.15, -0.1) is 25.6 Å². The molecule has 2 aromatic carbocycles. The van der Waals surface area contributed by atoms with Gasteiger partial charge in [-0.3, -0.25) is 4.79 Å². The van der Waals surface area contributed by atoms with Gasteiger partial charge in [0.1, 0.15) is 17.9 Å². The summed E-state index contributed by atoms with van der Waals surface area (Å²) in [6.45, 7) is 2.37. The number of carbonyl (C=O) groups excluding carboxylic acids is 1. The van der Waals surface area contributed by atoms with Gasteiger partial charge in [0.15, 0.2) is 0 Å². The number of halogens is 4. The Kier molecular flexibility index (Phi) is 10.7. The minimum absolute atomic E-state index is 0. The molecule has 0 radical (unpaired) electrons. The quantitative estimate of drug-likeness (QED) is 0.535. The van der Waals surface area contributed by atoms with Crippen LogP contribution in [-0.4, -0.2) is 37.7 Å². The lowest BCUT2D eigenvalue weighted by atomic mass is 9.80. The van der Waals surface area contributed by atoms with Crippen molar-refractivity contribution in [3.05, 3.63) is 65.7 Å². The smallest absolute Gasteiger partial charge is 0.461 e. The molecular weight excluding hydrogens is 471 g/mol. The number of hydrogen-bond donors (Lipinski definition) is 1. The van der Waals surface area contributed by atoms with E-state index in [9.17, 15) is 18.0 Å². The van der Waals surface area contributed by atoms with Crippen molar-refractivity contribution in [1.82, 2.24) is 0 Å². The topological polar surface area (TPSA) is 70.8 Å². The number of hydrogen-bond acceptors (Lipinski definition) is 5. The number of esters is 1. The molecule has 1 saturated heterocycles. The van der Waals surface area contributed by atoms with Crippen LogP contribution in [0.3, 0.4) is 0 Å². The molecular formula is C25H31ClF3NO4. The molecule has 0 saturated carbocycles. The van der Waals surface area contributed by atoms with E-state index in [1.165, 1.54) is 17.7 Å². The fourth-order valence-electron chi connectivity index (χ4n) is 4.22. The van der Waals surface area contributed by atoms with Crippen molar-refractivity contribution in [2.24, 2.45) is 17.6 Å². The number of carbonyl (C=O) groups is 1. The second kappa shape index (κ2) is 13.0. The van der Waals surface area contributed by atoms with Crippen molar-refractivity contribution < 1.29 is 32.2 Å². The summed E-state index contributed by atoms with van der Waals surface area (Å²) in [6.07, 6.45) is -1.93. The Hall–Kier alpha value is -2.29. The van der Waals surface area contributed by atoms with Crippen molar-refractivity contribution in [2.75, 3.05) is 13.2 Å². The predicted molar refractivity (Wildman–Crippen MR) is 125 cm³/mol. The average Bonchev–Trinajstić information content (AvgIpc) is 2.81. The zero-order valence-corrected chi connectivity index (χ0v) is 19.8. The van der Waals surface area contributed by atoms with E-state index >= 15 is 0 Å². The molecule has 5 nitrogen and oxygen atoms in total. The molecule has 0 bridgehead atoms. The van der Waals surface area contributed by atoms with E-state index in [-0.39, 0.29) is 36.6 Å². The highest BCUT2D eigenvalue weighted by Gasteiger charge is 2.33. The number of nitrogens with two attached hydrogens (primary N) is 1. The Labute approximate surface area is 204 Å². The fourth-order valence-corrected chi connectivity index (χ4v) is 4.22. The summed E-state index contributed by atoms with van der Waals surface area (Å²) in [5.41, 5.74) is 7.94. The summed E-state index contributed by atoms with van der Waals surface area (Å²) in [4.78, 5) is 12.3. The van der Waals surface area contributed by atoms with Crippen molar-refractivity contribution >= 4 is 18.4 Å². The van der Waals surface area contributed by atoms with Crippen LogP contribution in [0.15, 0.2) is 54.6 Å². The summed E-state index contributed by atoms with van der Waals surface area (Å²) in [7, 11) is 0. The molecule has 2 aromatic rings. The Morgan fingerprint density at radius 3 is 2.35 bits per heavy atom. The fraction of sp³-hybridized carbons (Fsp3) is 0.480. The second-order valence-electron chi connectivity index (χ2n) is 8.48. The number of aryl methyl sites for hydroxylation is 1. The summed E-state index contributed by atoms with van der Waals surface area (Å²) in [5, 5.41) is 0. The Morgan fingerprint density at radius 2 is 1.71 bits per heavy atom. The number of rotatable bonds is 7. The molecule has 1 aliphatic heterocycles. The van der Waals surface area contributed by atoms with Gasteiger partial charge in [-0.2, -0.15) is 0 Å². The normalized spacial score (nSPS) is 23.6. The first-order valence-electron chi connectivity index (χ1n) is 11.1. The molecule has 4 atom stereocenters. The van der Waals surface area contributed by atoms with Gasteiger partial charge in [0.05, 0.1) is 6.61 Å². The summed E-state index contributed by atoms with van der Waals surface area (Å²) < 4.78 is 52.7. The predicted octanol–water partition coefficient (Wildman–Crippen LogP) is 5.09. The van der Waals surface area contributed by atoms with E-state index in [0.29, 0.717) is 13.0 Å². The van der Waals surface area contributed by atoms with E-state index in [0.717, 1.165) is 24.8 Å². The van der Waals surface area contributed by atoms with Gasteiger partial charge in [-0.05, 0) is 61.8 Å². The molecule has 1 heterocycles. The third-order valence-corrected chi connectivity index (χ3v) is 5.95. The van der Waals surface area contributed by atoms with Gasteiger partial charge in [0.2, 0.25) is 0 Å². The van der Waals surface area contributed by atoms with Crippen molar-refractivity contribution in [2.45, 2.75) is 51.1 Å². The summed E-state index contributed by atoms with van der Waals surface area (Å²) in [6, 6.07) is 15.1. The standard InChI is InChI=1S/C25H30F3NO4.ClH/c1-17-22(14-19-10-12-21(13-11-19)33-25(26,27)28)20(15-31-16-23(29)24(30)32-17)9-5-8-18-6-3-2-4-7-18;/h2-4,6-7,10-13,17,20,22-23H,5,8-9,14-16,29H2,1H3;1H/t17-,20-,22-,23-;/m0./s1. The third kappa shape index (κ3) is 8.81. The van der Waals surface area contributed by atoms with Gasteiger partial charge in [-0.1, -0.05) is 42.5 Å². The van der Waals surface area contributed by atoms with Crippen LogP contribution < -0.4 is 10.5 Å². The molecule has 1 aliphatic rings. The Balaban J connectivity index is 0.00000408. The molecule has 0 amide bonds. The SMILES string of the molecule is C[C@@H]1OC(=O)[C@@H](N)COC[C@H](CCCc2ccccc2)[C@H]1Cc1ccc(OC(F)(F)F)cc1.Cl. The number of cyclic esters (lactones) is 1. The van der Waals surface area contributed by atoms with Crippen LogP contribution in [0.2, 0.25) is 0 Å². The lowest BCUT2D eigenvalue weighted by Gasteiger charge is -2.31. The zero-order chi connectivity index (χ0) is 23.8. The summed E-state index contributed by atoms with van der Waals surface area (Å²) >= 11 is 0. The van der Waals surface area contributed by atoms with E-state index in [1.807, 2.05) is 25.1 Å². The highest BCUT2D eigenvalue weighted by Crippen LogP contribution is 2.30. The molecule has 0 unspecified atom stereocenters. The number of benzene rings is 2. The van der Waals surface area contributed by atoms with Crippen molar-refractivity contribution in [3.8, 4) is 5.75 Å². The largest absolute Gasteiger partial charge is 0.573 e. The molecule has 188 valence electrons. The van der Waals surface area contributed by atoms with Gasteiger partial charge >= 0.3 is 12.3 Å². The van der Waals surface area contributed by atoms with Crippen molar-refractivity contribution in [3.63, 3.8) is 0 Å². The van der Waals surface area contributed by atoms with Crippen LogP contribution in [0.1, 0.15) is 30.9 Å². The van der Waals surface area contributed by atoms with E-state index in [4.69, 9.17) is 15.2 Å². The molecule has 3 rings (SSSR count). The first kappa shape index (κ1) is 28.0. The molecule has 0 spiro atoms. The van der Waals surface area contributed by atoms with Crippen LogP contribution >= 0.6 is 12.4 Å². The van der Waals surface area contributed by atoms with Gasteiger partial charge in [0.25, 0.3) is 0 Å². The Morgan fingerprint density at radius 1 is 1.03 bits per heavy atom. The molecule has 0 aromatic heterocycles. The minimum atomic E-state index is -4.73. The number of ether oxygens (including phenoxy) is 3. The van der Waals surface area contributed by atoms with Crippen LogP contribution in [0, 0.1) is 11.8 Å². The van der Waals surface area contributed by atoms with E-state index < -0.39 is 24.5 Å². The monoisotopic (exact) mass is 501 g/mol. The summed E-state index contributed by atoms with van der Waals surface area (Å²) in [5.74, 6) is -0.766. The van der Waals surface area contributed by atoms with E-state index in [1.54, 1.807) is 12.1 Å². The Bertz CT molecular complexity index is 880. The lowest BCUT2D eigenvalue weighted by molar-refractivity contribution is -0.274. The zero-order valence-electron chi connectivity index (χ0n) is 19.0. The van der Waals surface area contributed by atoms with E-state index in [2.05, 4.69) is 16.9 Å². The molecule has 0 aliphatic carbocycles. The van der Waals surface area contributed by atoms with Crippen LogP contribution in [-0.2, 0) is 27.1 Å². The van der Waals surface area contributed by atoms with Gasteiger partial charge in [0, 0.05) is 12.5 Å². The lowest BCUT2D eigenvalue weighted by Crippen LogP contribution is -2.39. The molecule has 2 N–H and O–H groups in total.